The van der Waals surface area contributed by atoms with Crippen LogP contribution in [0.2, 0.25) is 0 Å². The quantitative estimate of drug-likeness (QED) is 0.222. The fraction of sp³-hybridized carbons (Fsp3) is 0. The Labute approximate surface area is 238 Å². The average Bonchev–Trinajstić information content (AvgIpc) is 3.74. The highest BCUT2D eigenvalue weighted by Gasteiger charge is 2.18. The van der Waals surface area contributed by atoms with Gasteiger partial charge in [0.1, 0.15) is 27.3 Å². The maximum absolute atomic E-state index is 6.11. The fourth-order valence-electron chi connectivity index (χ4n) is 5.96. The van der Waals surface area contributed by atoms with Crippen molar-refractivity contribution in [1.29, 1.82) is 0 Å². The largest absolute Gasteiger partial charge is 0.456 e. The van der Waals surface area contributed by atoms with Crippen LogP contribution in [-0.2, 0) is 0 Å². The third-order valence-corrected chi connectivity index (χ3v) is 9.08. The number of benzene rings is 6. The zero-order valence-corrected chi connectivity index (χ0v) is 22.6. The molecule has 0 amide bonds. The molecule has 0 N–H and O–H groups in total. The third kappa shape index (κ3) is 3.48. The highest BCUT2D eigenvalue weighted by atomic mass is 32.1. The van der Waals surface area contributed by atoms with Crippen LogP contribution in [0.25, 0.3) is 86.9 Å². The van der Waals surface area contributed by atoms with E-state index in [0.717, 1.165) is 76.7 Å². The second kappa shape index (κ2) is 8.65. The van der Waals surface area contributed by atoms with Gasteiger partial charge >= 0.3 is 0 Å². The Morgan fingerprint density at radius 1 is 0.439 bits per heavy atom. The number of furan rings is 2. The van der Waals surface area contributed by atoms with Crippen LogP contribution in [0.4, 0.5) is 0 Å². The topological polar surface area (TPSA) is 39.2 Å². The molecule has 3 heterocycles. The number of aromatic nitrogens is 1. The molecule has 0 aliphatic rings. The summed E-state index contributed by atoms with van der Waals surface area (Å²) in [6, 6.07) is 44.3. The Morgan fingerprint density at radius 3 is 1.63 bits per heavy atom. The first kappa shape index (κ1) is 22.6. The molecule has 0 radical (unpaired) electrons. The lowest BCUT2D eigenvalue weighted by Crippen LogP contribution is -1.85. The molecule has 0 bridgehead atoms. The van der Waals surface area contributed by atoms with E-state index in [1.165, 1.54) is 10.3 Å². The van der Waals surface area contributed by atoms with Crippen molar-refractivity contribution in [2.24, 2.45) is 0 Å². The van der Waals surface area contributed by atoms with Gasteiger partial charge in [0.2, 0.25) is 0 Å². The molecular weight excluding hydrogens is 522 g/mol. The Bertz CT molecular complexity index is 2280. The first-order valence-electron chi connectivity index (χ1n) is 13.6. The molecule has 0 aliphatic heterocycles. The van der Waals surface area contributed by atoms with Crippen LogP contribution in [-0.4, -0.2) is 4.98 Å². The number of fused-ring (bicyclic) bond motifs is 7. The summed E-state index contributed by atoms with van der Waals surface area (Å²) < 4.78 is 13.4. The molecule has 3 nitrogen and oxygen atoms in total. The molecule has 41 heavy (non-hydrogen) atoms. The molecule has 0 saturated heterocycles. The Kier molecular flexibility index (Phi) is 4.77. The summed E-state index contributed by atoms with van der Waals surface area (Å²) in [5.74, 6) is 0. The molecule has 0 fully saturated rings. The normalized spacial score (nSPS) is 11.9. The number of hydrogen-bond acceptors (Lipinski definition) is 4. The SMILES string of the molecule is c1ccc(-c2nc3c(-c4ccc5oc6ccccc6c5c4)ccc(-c4ccc5oc6ccccc6c5c4)c3s2)cc1. The van der Waals surface area contributed by atoms with Crippen LogP contribution >= 0.6 is 11.3 Å². The Hall–Kier alpha value is -5.19. The van der Waals surface area contributed by atoms with Crippen molar-refractivity contribution in [2.45, 2.75) is 0 Å². The number of hydrogen-bond donors (Lipinski definition) is 0. The summed E-state index contributed by atoms with van der Waals surface area (Å²) >= 11 is 1.75. The van der Waals surface area contributed by atoms with Gasteiger partial charge in [0.25, 0.3) is 0 Å². The highest BCUT2D eigenvalue weighted by Crippen LogP contribution is 2.43. The summed E-state index contributed by atoms with van der Waals surface area (Å²) in [6.07, 6.45) is 0. The zero-order valence-electron chi connectivity index (χ0n) is 21.8. The molecular formula is C37H21NO2S. The van der Waals surface area contributed by atoms with Crippen LogP contribution in [0.3, 0.4) is 0 Å². The molecule has 6 aromatic carbocycles. The molecule has 3 aromatic heterocycles. The van der Waals surface area contributed by atoms with E-state index >= 15 is 0 Å². The summed E-state index contributed by atoms with van der Waals surface area (Å²) in [5.41, 5.74) is 10.3. The standard InChI is InChI=1S/C37H21NO2S/c1-2-8-22(9-3-1)37-38-35-25(23-14-18-33-29(20-23)27-10-4-6-12-31(27)39-33)16-17-26(36(35)41-37)24-15-19-34-30(21-24)28-11-5-7-13-32(28)40-34/h1-21H. The van der Waals surface area contributed by atoms with Gasteiger partial charge in [-0.05, 0) is 47.5 Å². The maximum Gasteiger partial charge on any atom is 0.135 e. The van der Waals surface area contributed by atoms with Crippen LogP contribution < -0.4 is 0 Å². The van der Waals surface area contributed by atoms with Crippen molar-refractivity contribution in [3.05, 3.63) is 127 Å². The summed E-state index contributed by atoms with van der Waals surface area (Å²) in [7, 11) is 0. The van der Waals surface area contributed by atoms with Gasteiger partial charge in [0.15, 0.2) is 0 Å². The van der Waals surface area contributed by atoms with Gasteiger partial charge in [-0.25, -0.2) is 4.98 Å². The minimum absolute atomic E-state index is 0.895. The van der Waals surface area contributed by atoms with Crippen molar-refractivity contribution < 1.29 is 8.83 Å². The Balaban J connectivity index is 1.29. The lowest BCUT2D eigenvalue weighted by atomic mass is 9.97. The van der Waals surface area contributed by atoms with Crippen molar-refractivity contribution in [2.75, 3.05) is 0 Å². The van der Waals surface area contributed by atoms with Gasteiger partial charge in [0.05, 0.1) is 10.2 Å². The predicted octanol–water partition coefficient (Wildman–Crippen LogP) is 11.1. The molecule has 0 atom stereocenters. The summed E-state index contributed by atoms with van der Waals surface area (Å²) in [4.78, 5) is 5.25. The average molecular weight is 544 g/mol. The third-order valence-electron chi connectivity index (χ3n) is 7.94. The van der Waals surface area contributed by atoms with Gasteiger partial charge in [-0.2, -0.15) is 0 Å². The number of rotatable bonds is 3. The van der Waals surface area contributed by atoms with E-state index in [-0.39, 0.29) is 0 Å². The van der Waals surface area contributed by atoms with Gasteiger partial charge in [-0.1, -0.05) is 91.0 Å². The molecule has 4 heteroatoms. The smallest absolute Gasteiger partial charge is 0.135 e. The Morgan fingerprint density at radius 2 is 0.976 bits per heavy atom. The van der Waals surface area contributed by atoms with Crippen molar-refractivity contribution in [1.82, 2.24) is 4.98 Å². The van der Waals surface area contributed by atoms with Gasteiger partial charge in [-0.15, -0.1) is 11.3 Å². The van der Waals surface area contributed by atoms with E-state index in [1.807, 2.05) is 30.3 Å². The molecule has 0 spiro atoms. The van der Waals surface area contributed by atoms with Gasteiger partial charge < -0.3 is 8.83 Å². The van der Waals surface area contributed by atoms with E-state index in [9.17, 15) is 0 Å². The molecule has 9 aromatic rings. The summed E-state index contributed by atoms with van der Waals surface area (Å²) in [6.45, 7) is 0. The monoisotopic (exact) mass is 543 g/mol. The minimum atomic E-state index is 0.895. The van der Waals surface area contributed by atoms with Crippen molar-refractivity contribution in [3.63, 3.8) is 0 Å². The molecule has 0 unspecified atom stereocenters. The maximum atomic E-state index is 6.11. The molecule has 9 rings (SSSR count). The molecule has 0 saturated carbocycles. The minimum Gasteiger partial charge on any atom is -0.456 e. The highest BCUT2D eigenvalue weighted by molar-refractivity contribution is 7.22. The van der Waals surface area contributed by atoms with Gasteiger partial charge in [-0.3, -0.25) is 0 Å². The van der Waals surface area contributed by atoms with Crippen LogP contribution in [0.1, 0.15) is 0 Å². The second-order valence-corrected chi connectivity index (χ2v) is 11.3. The molecule has 0 aliphatic carbocycles. The van der Waals surface area contributed by atoms with Crippen LogP contribution in [0.5, 0.6) is 0 Å². The molecule has 192 valence electrons. The second-order valence-electron chi connectivity index (χ2n) is 10.3. The predicted molar refractivity (Wildman–Crippen MR) is 170 cm³/mol. The first-order chi connectivity index (χ1) is 20.3. The summed E-state index contributed by atoms with van der Waals surface area (Å²) in [5, 5.41) is 5.51. The fourth-order valence-corrected chi connectivity index (χ4v) is 7.09. The number of thiazole rings is 1. The lowest BCUT2D eigenvalue weighted by molar-refractivity contribution is 0.668. The number of para-hydroxylation sites is 2. The van der Waals surface area contributed by atoms with Gasteiger partial charge in [0, 0.05) is 38.2 Å². The van der Waals surface area contributed by atoms with E-state index < -0.39 is 0 Å². The van der Waals surface area contributed by atoms with E-state index in [1.54, 1.807) is 11.3 Å². The zero-order chi connectivity index (χ0) is 26.9. The van der Waals surface area contributed by atoms with Crippen molar-refractivity contribution >= 4 is 65.4 Å². The van der Waals surface area contributed by atoms with Crippen LogP contribution in [0.15, 0.2) is 136 Å². The van der Waals surface area contributed by atoms with Crippen molar-refractivity contribution in [3.8, 4) is 32.8 Å². The van der Waals surface area contributed by atoms with E-state index in [4.69, 9.17) is 13.8 Å². The number of nitrogens with zero attached hydrogens (tertiary/aromatic N) is 1. The first-order valence-corrected chi connectivity index (χ1v) is 14.4. The lowest BCUT2D eigenvalue weighted by Gasteiger charge is -2.08. The van der Waals surface area contributed by atoms with E-state index in [2.05, 4.69) is 97.1 Å². The van der Waals surface area contributed by atoms with Crippen LogP contribution in [0, 0.1) is 0 Å². The van der Waals surface area contributed by atoms with E-state index in [0.29, 0.717) is 0 Å².